The molecule has 4 rings (SSSR count). The van der Waals surface area contributed by atoms with E-state index in [9.17, 15) is 9.59 Å². The molecule has 0 aliphatic carbocycles. The molecule has 0 aliphatic rings. The number of H-pyrrole nitrogens is 1. The maximum atomic E-state index is 12.8. The van der Waals surface area contributed by atoms with Crippen LogP contribution in [0.5, 0.6) is 0 Å². The van der Waals surface area contributed by atoms with Crippen LogP contribution in [0.3, 0.4) is 0 Å². The molecule has 0 saturated heterocycles. The zero-order valence-electron chi connectivity index (χ0n) is 14.4. The lowest BCUT2D eigenvalue weighted by molar-refractivity contribution is -0.116. The van der Waals surface area contributed by atoms with Crippen LogP contribution in [0.15, 0.2) is 59.5 Å². The van der Waals surface area contributed by atoms with E-state index in [1.165, 1.54) is 6.20 Å². The third kappa shape index (κ3) is 3.44. The van der Waals surface area contributed by atoms with Crippen LogP contribution >= 0.6 is 11.6 Å². The number of anilines is 1. The van der Waals surface area contributed by atoms with E-state index < -0.39 is 0 Å². The highest BCUT2D eigenvalue weighted by molar-refractivity contribution is 6.31. The number of aryl methyl sites for hydroxylation is 1. The molecule has 7 heteroatoms. The molecule has 2 heterocycles. The van der Waals surface area contributed by atoms with Crippen LogP contribution in [-0.4, -0.2) is 20.7 Å². The summed E-state index contributed by atoms with van der Waals surface area (Å²) in [5.74, 6) is -0.0778. The van der Waals surface area contributed by atoms with Crippen LogP contribution in [0.1, 0.15) is 12.8 Å². The number of benzene rings is 2. The second-order valence-electron chi connectivity index (χ2n) is 6.29. The Morgan fingerprint density at radius 3 is 2.78 bits per heavy atom. The third-order valence-corrected chi connectivity index (χ3v) is 4.71. The molecule has 0 radical (unpaired) electrons. The van der Waals surface area contributed by atoms with Gasteiger partial charge >= 0.3 is 0 Å². The fourth-order valence-electron chi connectivity index (χ4n) is 3.22. The Bertz CT molecular complexity index is 1180. The van der Waals surface area contributed by atoms with Crippen molar-refractivity contribution in [1.29, 1.82) is 0 Å². The van der Waals surface area contributed by atoms with Crippen LogP contribution in [0.25, 0.3) is 21.8 Å². The number of rotatable bonds is 5. The Balaban J connectivity index is 1.57. The normalized spacial score (nSPS) is 11.1. The zero-order valence-corrected chi connectivity index (χ0v) is 15.2. The first-order chi connectivity index (χ1) is 13.1. The smallest absolute Gasteiger partial charge is 0.262 e. The Kier molecular flexibility index (Phi) is 4.64. The second-order valence-corrected chi connectivity index (χ2v) is 6.73. The van der Waals surface area contributed by atoms with Crippen LogP contribution in [0.2, 0.25) is 5.02 Å². The van der Waals surface area contributed by atoms with Crippen molar-refractivity contribution in [1.82, 2.24) is 14.8 Å². The molecule has 0 bridgehead atoms. The van der Waals surface area contributed by atoms with Gasteiger partial charge in [0.2, 0.25) is 5.91 Å². The molecular formula is C20H17ClN4O2. The number of nitrogens with one attached hydrogen (secondary N) is 2. The van der Waals surface area contributed by atoms with Gasteiger partial charge in [-0.3, -0.25) is 14.7 Å². The summed E-state index contributed by atoms with van der Waals surface area (Å²) < 4.78 is 1.68. The van der Waals surface area contributed by atoms with Gasteiger partial charge in [-0.25, -0.2) is 0 Å². The van der Waals surface area contributed by atoms with Gasteiger partial charge in [0.05, 0.1) is 22.6 Å². The first kappa shape index (κ1) is 17.3. The minimum absolute atomic E-state index is 0.0778. The Hall–Kier alpha value is -3.12. The van der Waals surface area contributed by atoms with Crippen molar-refractivity contribution in [3.8, 4) is 0 Å². The van der Waals surface area contributed by atoms with Crippen molar-refractivity contribution in [3.63, 3.8) is 0 Å². The van der Waals surface area contributed by atoms with Gasteiger partial charge in [-0.1, -0.05) is 29.8 Å². The van der Waals surface area contributed by atoms with Crippen LogP contribution < -0.4 is 10.9 Å². The molecule has 0 saturated carbocycles. The number of aromatic nitrogens is 3. The predicted molar refractivity (Wildman–Crippen MR) is 107 cm³/mol. The molecule has 136 valence electrons. The highest BCUT2D eigenvalue weighted by Gasteiger charge is 2.13. The number of pyridine rings is 1. The summed E-state index contributed by atoms with van der Waals surface area (Å²) in [5, 5.41) is 11.7. The number of hydrogen-bond acceptors (Lipinski definition) is 3. The van der Waals surface area contributed by atoms with E-state index in [1.807, 2.05) is 42.5 Å². The highest BCUT2D eigenvalue weighted by atomic mass is 35.5. The summed E-state index contributed by atoms with van der Waals surface area (Å²) in [4.78, 5) is 25.0. The average molecular weight is 381 g/mol. The quantitative estimate of drug-likeness (QED) is 0.550. The van der Waals surface area contributed by atoms with Crippen LogP contribution in [0.4, 0.5) is 5.69 Å². The number of carbonyl (C=O) groups is 1. The molecule has 27 heavy (non-hydrogen) atoms. The number of para-hydroxylation sites is 1. The first-order valence-electron chi connectivity index (χ1n) is 8.63. The van der Waals surface area contributed by atoms with Crippen molar-refractivity contribution >= 4 is 45.0 Å². The minimum Gasteiger partial charge on any atom is -0.326 e. The van der Waals surface area contributed by atoms with E-state index >= 15 is 0 Å². The summed E-state index contributed by atoms with van der Waals surface area (Å²) in [6.07, 6.45) is 2.39. The SMILES string of the molecule is O=C(CCCn1c(=O)c2cn[nH]c2c2cc(Cl)ccc21)Nc1ccccc1. The molecule has 1 amide bonds. The van der Waals surface area contributed by atoms with Gasteiger partial charge in [0.1, 0.15) is 0 Å². The summed E-state index contributed by atoms with van der Waals surface area (Å²) in [6.45, 7) is 0.431. The van der Waals surface area contributed by atoms with E-state index in [4.69, 9.17) is 11.6 Å². The van der Waals surface area contributed by atoms with Gasteiger partial charge < -0.3 is 9.88 Å². The number of fused-ring (bicyclic) bond motifs is 3. The number of halogens is 1. The fraction of sp³-hybridized carbons (Fsp3) is 0.150. The topological polar surface area (TPSA) is 79.8 Å². The largest absolute Gasteiger partial charge is 0.326 e. The Labute approximate surface area is 159 Å². The van der Waals surface area contributed by atoms with Crippen molar-refractivity contribution in [2.24, 2.45) is 0 Å². The molecule has 0 unspecified atom stereocenters. The fourth-order valence-corrected chi connectivity index (χ4v) is 3.39. The van der Waals surface area contributed by atoms with Gasteiger partial charge in [-0.05, 0) is 36.8 Å². The minimum atomic E-state index is -0.128. The summed E-state index contributed by atoms with van der Waals surface area (Å²) >= 11 is 6.13. The lowest BCUT2D eigenvalue weighted by Crippen LogP contribution is -2.21. The van der Waals surface area contributed by atoms with E-state index in [0.29, 0.717) is 35.3 Å². The molecule has 2 aromatic carbocycles. The predicted octanol–water partition coefficient (Wildman–Crippen LogP) is 3.95. The van der Waals surface area contributed by atoms with Crippen LogP contribution in [0, 0.1) is 0 Å². The standard InChI is InChI=1S/C20H17ClN4O2/c21-13-8-9-17-15(11-13)19-16(12-22-24-19)20(27)25(17)10-4-7-18(26)23-14-5-2-1-3-6-14/h1-3,5-6,8-9,11-12H,4,7,10H2,(H,22,24)(H,23,26). The van der Waals surface area contributed by atoms with E-state index in [0.717, 1.165) is 16.6 Å². The molecule has 0 fully saturated rings. The molecule has 2 aromatic heterocycles. The Morgan fingerprint density at radius 2 is 1.96 bits per heavy atom. The first-order valence-corrected chi connectivity index (χ1v) is 9.01. The van der Waals surface area contributed by atoms with Crippen molar-refractivity contribution < 1.29 is 4.79 Å². The molecule has 4 aromatic rings. The number of hydrogen-bond donors (Lipinski definition) is 2. The van der Waals surface area contributed by atoms with Crippen molar-refractivity contribution in [2.75, 3.05) is 5.32 Å². The average Bonchev–Trinajstić information content (AvgIpc) is 3.16. The Morgan fingerprint density at radius 1 is 1.15 bits per heavy atom. The molecular weight excluding hydrogens is 364 g/mol. The monoisotopic (exact) mass is 380 g/mol. The van der Waals surface area contributed by atoms with Crippen molar-refractivity contribution in [2.45, 2.75) is 19.4 Å². The van der Waals surface area contributed by atoms with Gasteiger partial charge in [0.15, 0.2) is 0 Å². The van der Waals surface area contributed by atoms with Gasteiger partial charge in [0.25, 0.3) is 5.56 Å². The maximum Gasteiger partial charge on any atom is 0.262 e. The summed E-state index contributed by atoms with van der Waals surface area (Å²) in [5.41, 5.74) is 2.08. The lowest BCUT2D eigenvalue weighted by atomic mass is 10.1. The number of aromatic amines is 1. The van der Waals surface area contributed by atoms with E-state index in [2.05, 4.69) is 15.5 Å². The lowest BCUT2D eigenvalue weighted by Gasteiger charge is -2.11. The van der Waals surface area contributed by atoms with Gasteiger partial charge in [0, 0.05) is 29.1 Å². The van der Waals surface area contributed by atoms with Gasteiger partial charge in [-0.15, -0.1) is 0 Å². The number of nitrogens with zero attached hydrogens (tertiary/aromatic N) is 2. The maximum absolute atomic E-state index is 12.8. The number of amides is 1. The van der Waals surface area contributed by atoms with Gasteiger partial charge in [-0.2, -0.15) is 5.10 Å². The second kappa shape index (κ2) is 7.25. The third-order valence-electron chi connectivity index (χ3n) is 4.48. The summed E-state index contributed by atoms with van der Waals surface area (Å²) in [6, 6.07) is 14.7. The molecule has 0 atom stereocenters. The van der Waals surface area contributed by atoms with Crippen molar-refractivity contribution in [3.05, 3.63) is 70.1 Å². The number of carbonyl (C=O) groups excluding carboxylic acids is 1. The zero-order chi connectivity index (χ0) is 18.8. The summed E-state index contributed by atoms with van der Waals surface area (Å²) in [7, 11) is 0. The molecule has 0 aliphatic heterocycles. The highest BCUT2D eigenvalue weighted by Crippen LogP contribution is 2.24. The molecule has 2 N–H and O–H groups in total. The molecule has 0 spiro atoms. The van der Waals surface area contributed by atoms with E-state index in [-0.39, 0.29) is 11.5 Å². The van der Waals surface area contributed by atoms with Crippen LogP contribution in [-0.2, 0) is 11.3 Å². The van der Waals surface area contributed by atoms with E-state index in [1.54, 1.807) is 10.6 Å². The molecule has 6 nitrogen and oxygen atoms in total.